The molecule has 2 aromatic carbocycles. The predicted molar refractivity (Wildman–Crippen MR) is 303 cm³/mol. The first-order valence-electron chi connectivity index (χ1n) is 30.2. The van der Waals surface area contributed by atoms with Crippen LogP contribution in [0.5, 0.6) is 0 Å². The van der Waals surface area contributed by atoms with Gasteiger partial charge in [0.05, 0.1) is 0 Å². The van der Waals surface area contributed by atoms with Gasteiger partial charge in [0, 0.05) is 23.1 Å². The number of hydrogen-bond donors (Lipinski definition) is 0. The van der Waals surface area contributed by atoms with Gasteiger partial charge in [-0.2, -0.15) is 0 Å². The van der Waals surface area contributed by atoms with Crippen molar-refractivity contribution in [1.82, 2.24) is 0 Å². The van der Waals surface area contributed by atoms with Gasteiger partial charge in [0.15, 0.2) is 0 Å². The van der Waals surface area contributed by atoms with Crippen molar-refractivity contribution in [3.8, 4) is 11.8 Å². The van der Waals surface area contributed by atoms with Gasteiger partial charge in [0.1, 0.15) is 5.57 Å². The maximum atomic E-state index is 13.2. The molecule has 2 aromatic rings. The van der Waals surface area contributed by atoms with Crippen LogP contribution in [-0.2, 0) is 38.5 Å². The Hall–Kier alpha value is -2.92. The highest BCUT2D eigenvalue weighted by molar-refractivity contribution is 5.86. The smallest absolute Gasteiger partial charge is 0.223 e. The Morgan fingerprint density at radius 1 is 0.338 bits per heavy atom. The third-order valence-corrected chi connectivity index (χ3v) is 15.1. The van der Waals surface area contributed by atoms with Gasteiger partial charge in [-0.25, -0.2) is 4.70 Å². The molecule has 0 spiro atoms. The Balaban J connectivity index is 2.28. The van der Waals surface area contributed by atoms with E-state index in [2.05, 4.69) is 91.5 Å². The molecule has 0 unspecified atom stereocenters. The molecule has 0 saturated carbocycles. The van der Waals surface area contributed by atoms with Crippen LogP contribution in [0.15, 0.2) is 35.4 Å². The van der Waals surface area contributed by atoms with E-state index in [1.54, 1.807) is 15.8 Å². The number of hydrogen-bond acceptors (Lipinski definition) is 0. The average Bonchev–Trinajstić information content (AvgIpc) is 3.62. The second-order valence-electron chi connectivity index (χ2n) is 21.2. The predicted octanol–water partition coefficient (Wildman–Crippen LogP) is 21.5. The maximum Gasteiger partial charge on any atom is 0.223 e. The van der Waals surface area contributed by atoms with Crippen molar-refractivity contribution in [2.45, 2.75) is 312 Å². The molecular weight excluding hydrogens is 821 g/mol. The summed E-state index contributed by atoms with van der Waals surface area (Å²) < 4.78 is 1.69. The van der Waals surface area contributed by atoms with E-state index in [-0.39, 0.29) is 0 Å². The first-order chi connectivity index (χ1) is 33.4. The number of rotatable bonds is 41. The van der Waals surface area contributed by atoms with Gasteiger partial charge in [-0.1, -0.05) is 221 Å². The Morgan fingerprint density at radius 3 is 1.09 bits per heavy atom. The molecule has 2 heteroatoms. The molecule has 0 aliphatic carbocycles. The van der Waals surface area contributed by atoms with Crippen molar-refractivity contribution in [3.05, 3.63) is 85.5 Å². The van der Waals surface area contributed by atoms with Crippen molar-refractivity contribution in [2.75, 3.05) is 0 Å². The quantitative estimate of drug-likeness (QED) is 0.0361. The van der Waals surface area contributed by atoms with Crippen molar-refractivity contribution in [2.24, 2.45) is 0 Å². The first kappa shape index (κ1) is 59.4. The van der Waals surface area contributed by atoms with E-state index in [1.165, 1.54) is 238 Å². The highest BCUT2D eigenvalue weighted by Crippen LogP contribution is 2.44. The minimum Gasteiger partial charge on any atom is -0.493 e. The normalized spacial score (nSPS) is 12.8. The van der Waals surface area contributed by atoms with Crippen molar-refractivity contribution in [1.29, 1.82) is 0 Å². The molecule has 0 atom stereocenters. The minimum atomic E-state index is 0.925. The molecule has 1 aliphatic rings. The fourth-order valence-corrected chi connectivity index (χ4v) is 10.8. The summed E-state index contributed by atoms with van der Waals surface area (Å²) in [6, 6.07) is 10.1. The summed E-state index contributed by atoms with van der Waals surface area (Å²) in [5, 5.41) is 0. The van der Waals surface area contributed by atoms with E-state index in [0.717, 1.165) is 74.8 Å². The molecule has 3 rings (SSSR count). The Bertz CT molecular complexity index is 1750. The highest BCUT2D eigenvalue weighted by Gasteiger charge is 2.36. The second kappa shape index (κ2) is 37.8. The summed E-state index contributed by atoms with van der Waals surface area (Å²) in [6.45, 7) is 18.6. The minimum absolute atomic E-state index is 0.925. The van der Waals surface area contributed by atoms with Crippen LogP contribution in [0.25, 0.3) is 16.9 Å². The van der Waals surface area contributed by atoms with Crippen LogP contribution in [-0.4, -0.2) is 4.70 Å². The van der Waals surface area contributed by atoms with Crippen molar-refractivity contribution in [3.63, 3.8) is 0 Å². The van der Waals surface area contributed by atoms with E-state index < -0.39 is 0 Å². The topological polar surface area (TPSA) is 25.3 Å². The lowest BCUT2D eigenvalue weighted by Gasteiger charge is -2.20. The maximum absolute atomic E-state index is 13.2. The van der Waals surface area contributed by atoms with Gasteiger partial charge in [0.25, 0.3) is 0 Å². The van der Waals surface area contributed by atoms with Crippen LogP contribution >= 0.6 is 0 Å². The zero-order valence-corrected chi connectivity index (χ0v) is 46.5. The molecule has 0 radical (unpaired) electrons. The van der Waals surface area contributed by atoms with E-state index in [1.807, 2.05) is 0 Å². The van der Waals surface area contributed by atoms with Gasteiger partial charge in [-0.05, 0) is 154 Å². The largest absolute Gasteiger partial charge is 0.493 e. The molecular formula is C66H108N2. The zero-order valence-electron chi connectivity index (χ0n) is 46.5. The van der Waals surface area contributed by atoms with Crippen LogP contribution in [0.1, 0.15) is 318 Å². The monoisotopic (exact) mass is 929 g/mol. The number of aryl methyl sites for hydroxylation is 4. The molecule has 0 aromatic heterocycles. The lowest BCUT2D eigenvalue weighted by molar-refractivity contribution is -0.345. The van der Waals surface area contributed by atoms with Crippen LogP contribution < -0.4 is 0 Å². The van der Waals surface area contributed by atoms with Crippen molar-refractivity contribution < 1.29 is 4.70 Å². The SMILES string of the molecule is CCCCCCCCCCCCCC#CC1=C(c2cc(CCCCC)c(CCCCC)c(CCCCC)c2)[N+](=[N-])C(c2cc(CCCC)c(CCCC)c(CCCC)c2)=C1CCCCCCCC. The number of allylic oxidation sites excluding steroid dienone is 2. The summed E-state index contributed by atoms with van der Waals surface area (Å²) in [5.41, 5.74) is 29.3. The van der Waals surface area contributed by atoms with Gasteiger partial charge in [0.2, 0.25) is 11.4 Å². The summed E-state index contributed by atoms with van der Waals surface area (Å²) in [6.07, 6.45) is 49.5. The second-order valence-corrected chi connectivity index (χ2v) is 21.2. The molecule has 0 N–H and O–H groups in total. The standard InChI is InChI=1S/C66H108N2/c1-9-17-25-27-29-30-31-32-33-34-35-37-42-50-64-63(49-41-36-28-26-18-10-2)65(59-51-55(43-22-14-6)61(47-24-16-8)56(52-59)44-23-15-7)68(67)66(64)60-53-57(45-38-19-11-3)62(48-40-21-13-5)58(54-60)46-39-20-12-4/h51-54H,9-41,43-49H2,1-8H3. The van der Waals surface area contributed by atoms with E-state index in [9.17, 15) is 5.53 Å². The van der Waals surface area contributed by atoms with Gasteiger partial charge in [-0.3, -0.25) is 0 Å². The number of benzene rings is 2. The molecule has 0 bridgehead atoms. The summed E-state index contributed by atoms with van der Waals surface area (Å²) in [4.78, 5) is 0. The third kappa shape index (κ3) is 21.2. The van der Waals surface area contributed by atoms with Gasteiger partial charge < -0.3 is 5.53 Å². The van der Waals surface area contributed by atoms with E-state index in [4.69, 9.17) is 0 Å². The van der Waals surface area contributed by atoms with E-state index in [0.29, 0.717) is 0 Å². The van der Waals surface area contributed by atoms with Crippen LogP contribution in [0, 0.1) is 11.8 Å². The molecule has 0 saturated heterocycles. The molecule has 1 heterocycles. The van der Waals surface area contributed by atoms with Crippen LogP contribution in [0.3, 0.4) is 0 Å². The molecule has 1 aliphatic heterocycles. The molecule has 0 fully saturated rings. The molecule has 382 valence electrons. The summed E-state index contributed by atoms with van der Waals surface area (Å²) >= 11 is 0. The molecule has 2 nitrogen and oxygen atoms in total. The zero-order chi connectivity index (χ0) is 49.0. The van der Waals surface area contributed by atoms with Gasteiger partial charge in [-0.15, -0.1) is 0 Å². The molecule has 0 amide bonds. The van der Waals surface area contributed by atoms with Crippen molar-refractivity contribution >= 4 is 11.4 Å². The fourth-order valence-electron chi connectivity index (χ4n) is 10.8. The Kier molecular flexibility index (Phi) is 33.1. The number of nitrogens with zero attached hydrogens (tertiary/aromatic N) is 2. The van der Waals surface area contributed by atoms with E-state index >= 15 is 0 Å². The molecule has 68 heavy (non-hydrogen) atoms. The summed E-state index contributed by atoms with van der Waals surface area (Å²) in [5.74, 6) is 7.70. The third-order valence-electron chi connectivity index (χ3n) is 15.1. The lowest BCUT2D eigenvalue weighted by atomic mass is 9.86. The van der Waals surface area contributed by atoms with Crippen LogP contribution in [0.4, 0.5) is 0 Å². The Morgan fingerprint density at radius 2 is 0.647 bits per heavy atom. The fraction of sp³-hybridized carbons (Fsp3) is 0.727. The first-order valence-corrected chi connectivity index (χ1v) is 30.2. The van der Waals surface area contributed by atoms with Gasteiger partial charge >= 0.3 is 0 Å². The Labute approximate surface area is 423 Å². The number of unbranched alkanes of at least 4 members (excludes halogenated alkanes) is 25. The van der Waals surface area contributed by atoms with Crippen LogP contribution in [0.2, 0.25) is 0 Å². The average molecular weight is 930 g/mol. The summed E-state index contributed by atoms with van der Waals surface area (Å²) in [7, 11) is 0. The lowest BCUT2D eigenvalue weighted by Crippen LogP contribution is -2.09. The highest BCUT2D eigenvalue weighted by atomic mass is 15.2.